The third-order valence-corrected chi connectivity index (χ3v) is 3.96. The summed E-state index contributed by atoms with van der Waals surface area (Å²) in [5.41, 5.74) is 0. The molecule has 0 radical (unpaired) electrons. The van der Waals surface area contributed by atoms with Gasteiger partial charge < -0.3 is 5.32 Å². The van der Waals surface area contributed by atoms with E-state index in [1.165, 1.54) is 50.0 Å². The van der Waals surface area contributed by atoms with Crippen molar-refractivity contribution in [3.05, 3.63) is 0 Å². The zero-order valence-corrected chi connectivity index (χ0v) is 10.5. The summed E-state index contributed by atoms with van der Waals surface area (Å²) < 4.78 is 0. The summed E-state index contributed by atoms with van der Waals surface area (Å²) in [5.74, 6) is 2.58. The lowest BCUT2D eigenvalue weighted by atomic mass is 9.95. The highest BCUT2D eigenvalue weighted by atomic mass is 32.2. The summed E-state index contributed by atoms with van der Waals surface area (Å²) in [6.45, 7) is 4.58. The lowest BCUT2D eigenvalue weighted by molar-refractivity contribution is 0.341. The molecule has 1 fully saturated rings. The minimum Gasteiger partial charge on any atom is -0.311 e. The second-order valence-corrected chi connectivity index (χ2v) is 5.78. The maximum atomic E-state index is 3.76. The van der Waals surface area contributed by atoms with Crippen LogP contribution < -0.4 is 5.32 Å². The lowest BCUT2D eigenvalue weighted by Gasteiger charge is -2.26. The van der Waals surface area contributed by atoms with Crippen molar-refractivity contribution in [1.29, 1.82) is 0 Å². The van der Waals surface area contributed by atoms with Crippen LogP contribution in [0.4, 0.5) is 0 Å². The first-order valence-corrected chi connectivity index (χ1v) is 7.32. The maximum absolute atomic E-state index is 3.76. The summed E-state index contributed by atoms with van der Waals surface area (Å²) in [5, 5.41) is 3.76. The van der Waals surface area contributed by atoms with Gasteiger partial charge in [-0.3, -0.25) is 0 Å². The molecule has 0 heterocycles. The van der Waals surface area contributed by atoms with E-state index in [4.69, 9.17) is 0 Å². The van der Waals surface area contributed by atoms with E-state index < -0.39 is 0 Å². The molecule has 2 heteroatoms. The smallest absolute Gasteiger partial charge is 0.00695 e. The summed E-state index contributed by atoms with van der Waals surface area (Å²) in [4.78, 5) is 0. The van der Waals surface area contributed by atoms with Crippen molar-refractivity contribution in [2.24, 2.45) is 0 Å². The van der Waals surface area contributed by atoms with Crippen LogP contribution >= 0.6 is 11.8 Å². The Labute approximate surface area is 93.4 Å². The predicted molar refractivity (Wildman–Crippen MR) is 67.1 cm³/mol. The van der Waals surface area contributed by atoms with E-state index in [0.29, 0.717) is 0 Å². The standard InChI is InChI=1S/C12H25NS/c1-3-14-10-9-11(2)13-12-7-5-4-6-8-12/h11-13H,3-10H2,1-2H3. The van der Waals surface area contributed by atoms with Crippen molar-refractivity contribution in [2.75, 3.05) is 11.5 Å². The Bertz CT molecular complexity index is 132. The van der Waals surface area contributed by atoms with E-state index in [1.807, 2.05) is 0 Å². The molecule has 1 aliphatic rings. The van der Waals surface area contributed by atoms with Gasteiger partial charge in [-0.1, -0.05) is 26.2 Å². The summed E-state index contributed by atoms with van der Waals surface area (Å²) in [6, 6.07) is 1.54. The first kappa shape index (κ1) is 12.4. The Morgan fingerprint density at radius 2 is 2.00 bits per heavy atom. The molecule has 0 bridgehead atoms. The zero-order chi connectivity index (χ0) is 10.2. The number of hydrogen-bond donors (Lipinski definition) is 1. The topological polar surface area (TPSA) is 12.0 Å². The van der Waals surface area contributed by atoms with Crippen molar-refractivity contribution >= 4 is 11.8 Å². The molecule has 1 unspecified atom stereocenters. The molecule has 0 spiro atoms. The van der Waals surface area contributed by atoms with Crippen molar-refractivity contribution in [2.45, 2.75) is 64.5 Å². The van der Waals surface area contributed by atoms with Gasteiger partial charge in [0.2, 0.25) is 0 Å². The molecule has 1 nitrogen and oxygen atoms in total. The minimum atomic E-state index is 0.720. The van der Waals surface area contributed by atoms with Gasteiger partial charge in [0.1, 0.15) is 0 Å². The van der Waals surface area contributed by atoms with Gasteiger partial charge in [0.25, 0.3) is 0 Å². The van der Waals surface area contributed by atoms with Gasteiger partial charge in [-0.05, 0) is 37.7 Å². The fourth-order valence-electron chi connectivity index (χ4n) is 2.16. The Morgan fingerprint density at radius 1 is 1.29 bits per heavy atom. The highest BCUT2D eigenvalue weighted by molar-refractivity contribution is 7.99. The molecular weight excluding hydrogens is 190 g/mol. The highest BCUT2D eigenvalue weighted by Gasteiger charge is 2.14. The summed E-state index contributed by atoms with van der Waals surface area (Å²) in [7, 11) is 0. The minimum absolute atomic E-state index is 0.720. The fraction of sp³-hybridized carbons (Fsp3) is 1.00. The van der Waals surface area contributed by atoms with E-state index in [-0.39, 0.29) is 0 Å². The summed E-state index contributed by atoms with van der Waals surface area (Å²) >= 11 is 2.06. The van der Waals surface area contributed by atoms with Crippen LogP contribution in [0.1, 0.15) is 52.4 Å². The van der Waals surface area contributed by atoms with E-state index in [1.54, 1.807) is 0 Å². The van der Waals surface area contributed by atoms with Crippen LogP contribution in [0.3, 0.4) is 0 Å². The van der Waals surface area contributed by atoms with E-state index in [9.17, 15) is 0 Å². The molecule has 0 aromatic heterocycles. The maximum Gasteiger partial charge on any atom is 0.00695 e. The van der Waals surface area contributed by atoms with Gasteiger partial charge in [0.05, 0.1) is 0 Å². The lowest BCUT2D eigenvalue weighted by Crippen LogP contribution is -2.38. The first-order chi connectivity index (χ1) is 6.83. The van der Waals surface area contributed by atoms with Crippen LogP contribution in [0.15, 0.2) is 0 Å². The van der Waals surface area contributed by atoms with Crippen molar-refractivity contribution < 1.29 is 0 Å². The quantitative estimate of drug-likeness (QED) is 0.681. The van der Waals surface area contributed by atoms with Gasteiger partial charge >= 0.3 is 0 Å². The van der Waals surface area contributed by atoms with Gasteiger partial charge in [0.15, 0.2) is 0 Å². The second kappa shape index (κ2) is 7.58. The molecule has 0 amide bonds. The van der Waals surface area contributed by atoms with Crippen LogP contribution in [-0.2, 0) is 0 Å². The first-order valence-electron chi connectivity index (χ1n) is 6.16. The average Bonchev–Trinajstić information content (AvgIpc) is 2.20. The molecule has 1 aliphatic carbocycles. The average molecular weight is 215 g/mol. The van der Waals surface area contributed by atoms with Crippen LogP contribution in [0, 0.1) is 0 Å². The zero-order valence-electron chi connectivity index (χ0n) is 9.72. The number of rotatable bonds is 6. The molecule has 0 saturated heterocycles. The second-order valence-electron chi connectivity index (χ2n) is 4.39. The Balaban J connectivity index is 2.03. The molecular formula is C12H25NS. The van der Waals surface area contributed by atoms with Crippen LogP contribution in [-0.4, -0.2) is 23.6 Å². The molecule has 1 rings (SSSR count). The van der Waals surface area contributed by atoms with E-state index in [2.05, 4.69) is 30.9 Å². The fourth-order valence-corrected chi connectivity index (χ4v) is 2.97. The normalized spacial score (nSPS) is 21.0. The van der Waals surface area contributed by atoms with E-state index in [0.717, 1.165) is 12.1 Å². The highest BCUT2D eigenvalue weighted by Crippen LogP contribution is 2.18. The Morgan fingerprint density at radius 3 is 2.64 bits per heavy atom. The summed E-state index contributed by atoms with van der Waals surface area (Å²) in [6.07, 6.45) is 8.48. The van der Waals surface area contributed by atoms with Gasteiger partial charge in [0, 0.05) is 12.1 Å². The molecule has 0 aliphatic heterocycles. The van der Waals surface area contributed by atoms with Gasteiger partial charge in [-0.25, -0.2) is 0 Å². The molecule has 0 aromatic rings. The molecule has 1 N–H and O–H groups in total. The molecule has 84 valence electrons. The largest absolute Gasteiger partial charge is 0.311 e. The SMILES string of the molecule is CCSCCC(C)NC1CCCCC1. The number of thioether (sulfide) groups is 1. The Hall–Kier alpha value is 0.310. The molecule has 1 saturated carbocycles. The van der Waals surface area contributed by atoms with E-state index >= 15 is 0 Å². The number of nitrogens with one attached hydrogen (secondary N) is 1. The monoisotopic (exact) mass is 215 g/mol. The third-order valence-electron chi connectivity index (χ3n) is 3.02. The molecule has 14 heavy (non-hydrogen) atoms. The number of hydrogen-bond acceptors (Lipinski definition) is 2. The Kier molecular flexibility index (Phi) is 6.70. The molecule has 0 aromatic carbocycles. The van der Waals surface area contributed by atoms with Crippen LogP contribution in [0.5, 0.6) is 0 Å². The van der Waals surface area contributed by atoms with Crippen molar-refractivity contribution in [1.82, 2.24) is 5.32 Å². The predicted octanol–water partition coefficient (Wildman–Crippen LogP) is 3.44. The van der Waals surface area contributed by atoms with Crippen LogP contribution in [0.2, 0.25) is 0 Å². The van der Waals surface area contributed by atoms with Crippen molar-refractivity contribution in [3.63, 3.8) is 0 Å². The van der Waals surface area contributed by atoms with Crippen molar-refractivity contribution in [3.8, 4) is 0 Å². The molecule has 1 atom stereocenters. The third kappa shape index (κ3) is 5.26. The van der Waals surface area contributed by atoms with Crippen LogP contribution in [0.25, 0.3) is 0 Å². The van der Waals surface area contributed by atoms with Gasteiger partial charge in [-0.2, -0.15) is 11.8 Å². The van der Waals surface area contributed by atoms with Gasteiger partial charge in [-0.15, -0.1) is 0 Å².